The lowest BCUT2D eigenvalue weighted by Gasteiger charge is -2.05. The Morgan fingerprint density at radius 3 is 2.41 bits per heavy atom. The molecule has 0 amide bonds. The molecule has 0 spiro atoms. The molecule has 0 aromatic heterocycles. The van der Waals surface area contributed by atoms with E-state index in [0.29, 0.717) is 6.42 Å². The first kappa shape index (κ1) is 13.6. The third kappa shape index (κ3) is 4.91. The molecule has 92 valence electrons. The predicted octanol–water partition coefficient (Wildman–Crippen LogP) is 2.19. The molecular weight excluding hydrogens is 212 g/mol. The zero-order valence-electron chi connectivity index (χ0n) is 10.8. The van der Waals surface area contributed by atoms with Crippen LogP contribution >= 0.6 is 0 Å². The van der Waals surface area contributed by atoms with Crippen LogP contribution in [0.4, 0.5) is 0 Å². The molecule has 3 heteroatoms. The van der Waals surface area contributed by atoms with Crippen molar-refractivity contribution < 1.29 is 4.79 Å². The molecule has 0 aliphatic heterocycles. The fourth-order valence-corrected chi connectivity index (χ4v) is 1.49. The van der Waals surface area contributed by atoms with Crippen molar-refractivity contribution in [2.75, 3.05) is 13.6 Å². The van der Waals surface area contributed by atoms with Gasteiger partial charge in [0.15, 0.2) is 0 Å². The van der Waals surface area contributed by atoms with Crippen LogP contribution in [0.5, 0.6) is 0 Å². The monoisotopic (exact) mass is 232 g/mol. The first-order valence-corrected chi connectivity index (χ1v) is 5.86. The molecule has 0 heterocycles. The van der Waals surface area contributed by atoms with Crippen molar-refractivity contribution in [1.29, 1.82) is 0 Å². The van der Waals surface area contributed by atoms with Crippen LogP contribution in [-0.2, 0) is 11.3 Å². The summed E-state index contributed by atoms with van der Waals surface area (Å²) < 4.78 is 0. The Morgan fingerprint density at radius 1 is 1.24 bits per heavy atom. The third-order valence-electron chi connectivity index (χ3n) is 2.69. The first-order valence-electron chi connectivity index (χ1n) is 5.86. The van der Waals surface area contributed by atoms with Crippen molar-refractivity contribution in [3.8, 4) is 0 Å². The highest BCUT2D eigenvalue weighted by Gasteiger charge is 1.97. The highest BCUT2D eigenvalue weighted by atomic mass is 16.1. The molecule has 1 N–H and O–H groups in total. The van der Waals surface area contributed by atoms with E-state index in [1.54, 1.807) is 14.0 Å². The molecule has 17 heavy (non-hydrogen) atoms. The molecule has 0 atom stereocenters. The lowest BCUT2D eigenvalue weighted by molar-refractivity contribution is -0.116. The summed E-state index contributed by atoms with van der Waals surface area (Å²) >= 11 is 0. The van der Waals surface area contributed by atoms with Crippen molar-refractivity contribution in [3.63, 3.8) is 0 Å². The summed E-state index contributed by atoms with van der Waals surface area (Å²) in [7, 11) is 1.80. The van der Waals surface area contributed by atoms with Crippen LogP contribution < -0.4 is 5.32 Å². The van der Waals surface area contributed by atoms with Gasteiger partial charge in [0.1, 0.15) is 5.78 Å². The van der Waals surface area contributed by atoms with E-state index in [0.717, 1.165) is 24.4 Å². The van der Waals surface area contributed by atoms with Crippen LogP contribution in [0.2, 0.25) is 0 Å². The van der Waals surface area contributed by atoms with E-state index >= 15 is 0 Å². The SMILES string of the molecule is CN=C(C)c1ccc(CNCCC(C)=O)cc1. The zero-order chi connectivity index (χ0) is 12.7. The lowest BCUT2D eigenvalue weighted by atomic mass is 10.1. The average Bonchev–Trinajstić information content (AvgIpc) is 2.34. The molecule has 1 aromatic rings. The average molecular weight is 232 g/mol. The van der Waals surface area contributed by atoms with Gasteiger partial charge in [-0.25, -0.2) is 0 Å². The highest BCUT2D eigenvalue weighted by molar-refractivity contribution is 5.98. The molecule has 1 aromatic carbocycles. The van der Waals surface area contributed by atoms with Crippen molar-refractivity contribution in [1.82, 2.24) is 5.32 Å². The maximum absolute atomic E-state index is 10.8. The molecule has 0 aliphatic carbocycles. The quantitative estimate of drug-likeness (QED) is 0.603. The predicted molar refractivity (Wildman–Crippen MR) is 71.6 cm³/mol. The molecule has 0 saturated heterocycles. The molecule has 1 rings (SSSR count). The van der Waals surface area contributed by atoms with E-state index in [9.17, 15) is 4.79 Å². The van der Waals surface area contributed by atoms with Crippen molar-refractivity contribution in [2.45, 2.75) is 26.8 Å². The fraction of sp³-hybridized carbons (Fsp3) is 0.429. The summed E-state index contributed by atoms with van der Waals surface area (Å²) in [6, 6.07) is 8.32. The molecule has 0 fully saturated rings. The number of carbonyl (C=O) groups is 1. The molecule has 0 aliphatic rings. The second kappa shape index (κ2) is 6.97. The number of rotatable bonds is 6. The number of nitrogens with one attached hydrogen (secondary N) is 1. The summed E-state index contributed by atoms with van der Waals surface area (Å²) in [4.78, 5) is 14.9. The second-order valence-electron chi connectivity index (χ2n) is 4.13. The number of hydrogen-bond acceptors (Lipinski definition) is 3. The number of hydrogen-bond donors (Lipinski definition) is 1. The number of nitrogens with zero attached hydrogens (tertiary/aromatic N) is 1. The summed E-state index contributed by atoms with van der Waals surface area (Å²) in [5.74, 6) is 0.225. The van der Waals surface area contributed by atoms with Crippen LogP contribution in [0.1, 0.15) is 31.4 Å². The van der Waals surface area contributed by atoms with Crippen molar-refractivity contribution >= 4 is 11.5 Å². The minimum atomic E-state index is 0.225. The van der Waals surface area contributed by atoms with Gasteiger partial charge in [-0.3, -0.25) is 9.79 Å². The largest absolute Gasteiger partial charge is 0.312 e. The van der Waals surface area contributed by atoms with E-state index in [1.807, 2.05) is 6.92 Å². The summed E-state index contributed by atoms with van der Waals surface area (Å²) in [6.45, 7) is 5.16. The van der Waals surface area contributed by atoms with E-state index in [2.05, 4.69) is 34.6 Å². The number of ketones is 1. The van der Waals surface area contributed by atoms with Gasteiger partial charge in [-0.1, -0.05) is 24.3 Å². The van der Waals surface area contributed by atoms with Gasteiger partial charge in [0.05, 0.1) is 0 Å². The van der Waals surface area contributed by atoms with Gasteiger partial charge in [-0.05, 0) is 25.0 Å². The minimum Gasteiger partial charge on any atom is -0.312 e. The molecule has 0 saturated carbocycles. The zero-order valence-corrected chi connectivity index (χ0v) is 10.8. The van der Waals surface area contributed by atoms with E-state index < -0.39 is 0 Å². The molecule has 0 unspecified atom stereocenters. The Morgan fingerprint density at radius 2 is 1.88 bits per heavy atom. The maximum atomic E-state index is 10.8. The standard InChI is InChI=1S/C14H20N2O/c1-11(17)8-9-16-10-13-4-6-14(7-5-13)12(2)15-3/h4-7,16H,8-10H2,1-3H3. The highest BCUT2D eigenvalue weighted by Crippen LogP contribution is 2.05. The number of benzene rings is 1. The normalized spacial score (nSPS) is 11.6. The minimum absolute atomic E-state index is 0.225. The fourth-order valence-electron chi connectivity index (χ4n) is 1.49. The Labute approximate surface area is 103 Å². The van der Waals surface area contributed by atoms with Gasteiger partial charge >= 0.3 is 0 Å². The lowest BCUT2D eigenvalue weighted by Crippen LogP contribution is -2.16. The first-order chi connectivity index (χ1) is 8.13. The van der Waals surface area contributed by atoms with Crippen LogP contribution in [0.3, 0.4) is 0 Å². The Kier molecular flexibility index (Phi) is 5.57. The van der Waals surface area contributed by atoms with Gasteiger partial charge in [0.25, 0.3) is 0 Å². The maximum Gasteiger partial charge on any atom is 0.131 e. The van der Waals surface area contributed by atoms with Crippen LogP contribution in [0.25, 0.3) is 0 Å². The topological polar surface area (TPSA) is 41.5 Å². The van der Waals surface area contributed by atoms with E-state index in [-0.39, 0.29) is 5.78 Å². The molecule has 3 nitrogen and oxygen atoms in total. The molecular formula is C14H20N2O. The van der Waals surface area contributed by atoms with Gasteiger partial charge < -0.3 is 5.32 Å². The van der Waals surface area contributed by atoms with Gasteiger partial charge in [0, 0.05) is 32.3 Å². The third-order valence-corrected chi connectivity index (χ3v) is 2.69. The Hall–Kier alpha value is -1.48. The molecule has 0 bridgehead atoms. The number of carbonyl (C=O) groups excluding carboxylic acids is 1. The second-order valence-corrected chi connectivity index (χ2v) is 4.13. The van der Waals surface area contributed by atoms with E-state index in [1.165, 1.54) is 5.56 Å². The van der Waals surface area contributed by atoms with Gasteiger partial charge in [-0.15, -0.1) is 0 Å². The van der Waals surface area contributed by atoms with E-state index in [4.69, 9.17) is 0 Å². The summed E-state index contributed by atoms with van der Waals surface area (Å²) in [5, 5.41) is 3.24. The van der Waals surface area contributed by atoms with Crippen LogP contribution in [0, 0.1) is 0 Å². The molecule has 0 radical (unpaired) electrons. The van der Waals surface area contributed by atoms with Gasteiger partial charge in [-0.2, -0.15) is 0 Å². The smallest absolute Gasteiger partial charge is 0.131 e. The number of Topliss-reactive ketones (excluding diaryl/α,β-unsaturated/α-hetero) is 1. The summed E-state index contributed by atoms with van der Waals surface area (Å²) in [6.07, 6.45) is 0.597. The van der Waals surface area contributed by atoms with Crippen LogP contribution in [0.15, 0.2) is 29.3 Å². The van der Waals surface area contributed by atoms with Crippen LogP contribution in [-0.4, -0.2) is 25.1 Å². The Balaban J connectivity index is 2.43. The van der Waals surface area contributed by atoms with Gasteiger partial charge in [0.2, 0.25) is 0 Å². The van der Waals surface area contributed by atoms with Crippen molar-refractivity contribution in [3.05, 3.63) is 35.4 Å². The number of aliphatic imine (C=N–C) groups is 1. The van der Waals surface area contributed by atoms with Crippen molar-refractivity contribution in [2.24, 2.45) is 4.99 Å². The summed E-state index contributed by atoms with van der Waals surface area (Å²) in [5.41, 5.74) is 3.42. The Bertz CT molecular complexity index is 393.